The summed E-state index contributed by atoms with van der Waals surface area (Å²) in [5.41, 5.74) is 1.81. The molecule has 0 radical (unpaired) electrons. The first-order valence-electron chi connectivity index (χ1n) is 5.40. The highest BCUT2D eigenvalue weighted by molar-refractivity contribution is 7.73. The van der Waals surface area contributed by atoms with Crippen LogP contribution in [0.25, 0.3) is 16.8 Å². The van der Waals surface area contributed by atoms with Gasteiger partial charge in [0.15, 0.2) is 0 Å². The smallest absolute Gasteiger partial charge is 0.184 e. The fraction of sp³-hybridized carbons (Fsp3) is 0.0714. The minimum absolute atomic E-state index is 0. The highest BCUT2D eigenvalue weighted by Gasteiger charge is 2.13. The topological polar surface area (TPSA) is 34.1 Å². The molecule has 1 aliphatic carbocycles. The van der Waals surface area contributed by atoms with E-state index in [-0.39, 0.29) is 12.4 Å². The van der Waals surface area contributed by atoms with E-state index in [1.54, 1.807) is 0 Å². The summed E-state index contributed by atoms with van der Waals surface area (Å²) in [5, 5.41) is 2.21. The number of rotatable bonds is 0. The van der Waals surface area contributed by atoms with Crippen molar-refractivity contribution in [2.45, 2.75) is 6.42 Å². The third-order valence-corrected chi connectivity index (χ3v) is 3.81. The fourth-order valence-electron chi connectivity index (χ4n) is 2.20. The van der Waals surface area contributed by atoms with Crippen LogP contribution in [-0.2, 0) is 10.3 Å². The lowest BCUT2D eigenvalue weighted by molar-refractivity contribution is 0.627. The number of hydrogen-bond acceptors (Lipinski definition) is 2. The van der Waals surface area contributed by atoms with Crippen molar-refractivity contribution in [3.63, 3.8) is 0 Å². The highest BCUT2D eigenvalue weighted by Crippen LogP contribution is 2.25. The molecule has 2 aromatic rings. The van der Waals surface area contributed by atoms with Crippen LogP contribution in [0.15, 0.2) is 42.5 Å². The maximum absolute atomic E-state index is 11.2. The molecule has 0 aliphatic heterocycles. The Balaban J connectivity index is 0.00000120. The van der Waals surface area contributed by atoms with E-state index < -0.39 is 10.3 Å². The lowest BCUT2D eigenvalue weighted by Crippen LogP contribution is -2.06. The maximum Gasteiger partial charge on any atom is 0.218 e. The number of fused-ring (bicyclic) bond motifs is 2. The Kier molecular flexibility index (Phi) is 3.55. The Bertz CT molecular complexity index is 765. The summed E-state index contributed by atoms with van der Waals surface area (Å²) in [4.78, 5) is 0.480. The van der Waals surface area contributed by atoms with E-state index in [0.29, 0.717) is 11.3 Å². The minimum atomic E-state index is -2.14. The van der Waals surface area contributed by atoms with Crippen LogP contribution in [0.5, 0.6) is 0 Å². The molecule has 0 aromatic heterocycles. The zero-order chi connectivity index (χ0) is 11.8. The third-order valence-electron chi connectivity index (χ3n) is 3.02. The second-order valence-electron chi connectivity index (χ2n) is 4.05. The van der Waals surface area contributed by atoms with Gasteiger partial charge in [0.2, 0.25) is 10.3 Å². The third kappa shape index (κ3) is 2.07. The summed E-state index contributed by atoms with van der Waals surface area (Å²) < 4.78 is 22.4. The Morgan fingerprint density at radius 2 is 1.67 bits per heavy atom. The van der Waals surface area contributed by atoms with Crippen molar-refractivity contribution in [2.24, 2.45) is 0 Å². The average Bonchev–Trinajstić information content (AvgIpc) is 2.35. The van der Waals surface area contributed by atoms with Crippen LogP contribution < -0.4 is 0 Å². The van der Waals surface area contributed by atoms with Gasteiger partial charge in [0.25, 0.3) is 0 Å². The molecule has 4 heteroatoms. The first kappa shape index (κ1) is 12.9. The van der Waals surface area contributed by atoms with Gasteiger partial charge in [-0.25, -0.2) is 0 Å². The molecule has 0 saturated carbocycles. The van der Waals surface area contributed by atoms with Crippen molar-refractivity contribution in [3.05, 3.63) is 53.6 Å². The van der Waals surface area contributed by atoms with E-state index in [9.17, 15) is 8.42 Å². The predicted molar refractivity (Wildman–Crippen MR) is 77.9 cm³/mol. The molecule has 0 spiro atoms. The lowest BCUT2D eigenvalue weighted by Gasteiger charge is -2.12. The van der Waals surface area contributed by atoms with Gasteiger partial charge in [-0.1, -0.05) is 36.4 Å². The van der Waals surface area contributed by atoms with Crippen molar-refractivity contribution >= 4 is 44.4 Å². The normalized spacial score (nSPS) is 13.0. The summed E-state index contributed by atoms with van der Waals surface area (Å²) in [5.74, 6) is 0. The zero-order valence-corrected chi connectivity index (χ0v) is 11.1. The van der Waals surface area contributed by atoms with Crippen LogP contribution >= 0.6 is 12.4 Å². The summed E-state index contributed by atoms with van der Waals surface area (Å²) >= 11 is 0. The van der Waals surface area contributed by atoms with Crippen molar-refractivity contribution in [2.75, 3.05) is 0 Å². The molecule has 0 N–H and O–H groups in total. The molecule has 0 saturated heterocycles. The van der Waals surface area contributed by atoms with Crippen LogP contribution in [0.3, 0.4) is 0 Å². The molecule has 18 heavy (non-hydrogen) atoms. The monoisotopic (exact) mass is 278 g/mol. The van der Waals surface area contributed by atoms with Gasteiger partial charge in [-0.2, -0.15) is 8.42 Å². The van der Waals surface area contributed by atoms with Crippen molar-refractivity contribution in [3.8, 4) is 0 Å². The largest absolute Gasteiger partial charge is 0.218 e. The molecule has 0 bridgehead atoms. The summed E-state index contributed by atoms with van der Waals surface area (Å²) in [7, 11) is -2.14. The number of allylic oxidation sites excluding steroid dienone is 1. The van der Waals surface area contributed by atoms with Crippen molar-refractivity contribution < 1.29 is 8.42 Å². The van der Waals surface area contributed by atoms with Crippen LogP contribution in [-0.4, -0.2) is 13.3 Å². The van der Waals surface area contributed by atoms with Gasteiger partial charge in [-0.3, -0.25) is 0 Å². The molecule has 0 amide bonds. The SMILES string of the molecule is Cl.O=S(=O)=C1CC=Cc2cc3ccccc3cc21. The number of hydrogen-bond donors (Lipinski definition) is 0. The van der Waals surface area contributed by atoms with Crippen molar-refractivity contribution in [1.82, 2.24) is 0 Å². The first-order chi connectivity index (χ1) is 8.25. The molecule has 0 atom stereocenters. The highest BCUT2D eigenvalue weighted by atomic mass is 35.5. The van der Waals surface area contributed by atoms with E-state index in [4.69, 9.17) is 0 Å². The number of halogens is 1. The molecule has 0 fully saturated rings. The summed E-state index contributed by atoms with van der Waals surface area (Å²) in [6.07, 6.45) is 4.36. The van der Waals surface area contributed by atoms with Crippen molar-refractivity contribution in [1.29, 1.82) is 0 Å². The quantitative estimate of drug-likeness (QED) is 0.694. The number of benzene rings is 2. The van der Waals surface area contributed by atoms with E-state index in [1.807, 2.05) is 48.6 Å². The van der Waals surface area contributed by atoms with Crippen LogP contribution in [0.1, 0.15) is 17.5 Å². The summed E-state index contributed by atoms with van der Waals surface area (Å²) in [6, 6.07) is 12.0. The van der Waals surface area contributed by atoms with Crippen LogP contribution in [0.4, 0.5) is 0 Å². The maximum atomic E-state index is 11.2. The molecular formula is C14H11ClO2S. The van der Waals surface area contributed by atoms with E-state index in [1.165, 1.54) is 0 Å². The fourth-order valence-corrected chi connectivity index (χ4v) is 2.79. The lowest BCUT2D eigenvalue weighted by atomic mass is 9.94. The Hall–Kier alpha value is -1.58. The molecule has 2 aromatic carbocycles. The standard InChI is InChI=1S/C14H10O2S.ClH/c15-17(16)14-7-3-6-12-8-10-4-1-2-5-11(10)9-13(12)14;/h1-6,8-9H,7H2;1H. The second kappa shape index (κ2) is 4.96. The van der Waals surface area contributed by atoms with E-state index in [0.717, 1.165) is 21.9 Å². The molecule has 92 valence electrons. The van der Waals surface area contributed by atoms with Gasteiger partial charge in [-0.05, 0) is 28.5 Å². The van der Waals surface area contributed by atoms with Gasteiger partial charge in [-0.15, -0.1) is 12.4 Å². The van der Waals surface area contributed by atoms with E-state index >= 15 is 0 Å². The minimum Gasteiger partial charge on any atom is -0.184 e. The molecular weight excluding hydrogens is 268 g/mol. The second-order valence-corrected chi connectivity index (χ2v) is 5.01. The molecule has 0 heterocycles. The van der Waals surface area contributed by atoms with Crippen LogP contribution in [0.2, 0.25) is 0 Å². The zero-order valence-electron chi connectivity index (χ0n) is 9.46. The van der Waals surface area contributed by atoms with Gasteiger partial charge in [0, 0.05) is 12.0 Å². The molecule has 2 nitrogen and oxygen atoms in total. The molecule has 1 aliphatic rings. The molecule has 3 rings (SSSR count). The predicted octanol–water partition coefficient (Wildman–Crippen LogP) is 3.08. The Labute approximate surface area is 113 Å². The average molecular weight is 279 g/mol. The van der Waals surface area contributed by atoms with Gasteiger partial charge < -0.3 is 0 Å². The van der Waals surface area contributed by atoms with E-state index in [2.05, 4.69) is 0 Å². The first-order valence-corrected chi connectivity index (χ1v) is 6.48. The molecule has 0 unspecified atom stereocenters. The van der Waals surface area contributed by atoms with Gasteiger partial charge >= 0.3 is 0 Å². The van der Waals surface area contributed by atoms with Crippen LogP contribution in [0, 0.1) is 0 Å². The Morgan fingerprint density at radius 3 is 2.33 bits per heavy atom. The Morgan fingerprint density at radius 1 is 1.00 bits per heavy atom. The van der Waals surface area contributed by atoms with Gasteiger partial charge in [0.1, 0.15) is 0 Å². The summed E-state index contributed by atoms with van der Waals surface area (Å²) in [6.45, 7) is 0. The van der Waals surface area contributed by atoms with Gasteiger partial charge in [0.05, 0.1) is 4.86 Å².